The molecular formula is C11H11FN2O5. The second-order valence-electron chi connectivity index (χ2n) is 4.02. The van der Waals surface area contributed by atoms with E-state index >= 15 is 0 Å². The Bertz CT molecular complexity index is 522. The van der Waals surface area contributed by atoms with E-state index in [1.807, 2.05) is 0 Å². The lowest BCUT2D eigenvalue weighted by Crippen LogP contribution is -2.50. The molecule has 7 nitrogen and oxygen atoms in total. The van der Waals surface area contributed by atoms with Crippen LogP contribution < -0.4 is 4.90 Å². The van der Waals surface area contributed by atoms with Gasteiger partial charge in [-0.3, -0.25) is 10.1 Å². The van der Waals surface area contributed by atoms with Gasteiger partial charge in [-0.25, -0.2) is 9.18 Å². The Hall–Kier alpha value is -2.22. The summed E-state index contributed by atoms with van der Waals surface area (Å²) in [5.41, 5.74) is -0.345. The number of anilines is 1. The summed E-state index contributed by atoms with van der Waals surface area (Å²) < 4.78 is 18.9. The highest BCUT2D eigenvalue weighted by Crippen LogP contribution is 2.26. The average Bonchev–Trinajstić information content (AvgIpc) is 2.38. The van der Waals surface area contributed by atoms with Crippen LogP contribution in [0.3, 0.4) is 0 Å². The van der Waals surface area contributed by atoms with Crippen molar-refractivity contribution in [1.29, 1.82) is 0 Å². The number of nitro benzene ring substituents is 1. The summed E-state index contributed by atoms with van der Waals surface area (Å²) in [6.07, 6.45) is 0. The van der Waals surface area contributed by atoms with Gasteiger partial charge < -0.3 is 14.7 Å². The zero-order valence-corrected chi connectivity index (χ0v) is 9.78. The Labute approximate surface area is 107 Å². The first-order valence-corrected chi connectivity index (χ1v) is 5.52. The maximum atomic E-state index is 13.9. The van der Waals surface area contributed by atoms with Crippen molar-refractivity contribution in [2.24, 2.45) is 0 Å². The van der Waals surface area contributed by atoms with Crippen LogP contribution in [0.5, 0.6) is 0 Å². The highest BCUT2D eigenvalue weighted by molar-refractivity contribution is 5.79. The molecule has 19 heavy (non-hydrogen) atoms. The van der Waals surface area contributed by atoms with Crippen molar-refractivity contribution in [2.45, 2.75) is 6.04 Å². The minimum absolute atomic E-state index is 0.0290. The molecule has 1 saturated heterocycles. The van der Waals surface area contributed by atoms with E-state index in [-0.39, 0.29) is 31.1 Å². The van der Waals surface area contributed by atoms with Gasteiger partial charge in [-0.1, -0.05) is 0 Å². The van der Waals surface area contributed by atoms with Crippen molar-refractivity contribution >= 4 is 17.3 Å². The molecular weight excluding hydrogens is 259 g/mol. The van der Waals surface area contributed by atoms with Crippen LogP contribution in [0.15, 0.2) is 18.2 Å². The lowest BCUT2D eigenvalue weighted by molar-refractivity contribution is -0.385. The van der Waals surface area contributed by atoms with Crippen LogP contribution in [-0.2, 0) is 9.53 Å². The van der Waals surface area contributed by atoms with Crippen molar-refractivity contribution in [1.82, 2.24) is 0 Å². The Kier molecular flexibility index (Phi) is 3.61. The molecule has 0 aliphatic carbocycles. The number of carboxylic acid groups (broad SMARTS) is 1. The van der Waals surface area contributed by atoms with Gasteiger partial charge in [0.2, 0.25) is 0 Å². The number of carboxylic acids is 1. The van der Waals surface area contributed by atoms with E-state index in [1.165, 1.54) is 11.0 Å². The molecule has 1 aromatic rings. The first-order valence-electron chi connectivity index (χ1n) is 5.52. The third kappa shape index (κ3) is 2.63. The van der Waals surface area contributed by atoms with Crippen molar-refractivity contribution < 1.29 is 24.0 Å². The second-order valence-corrected chi connectivity index (χ2v) is 4.02. The number of hydrogen-bond acceptors (Lipinski definition) is 5. The Morgan fingerprint density at radius 1 is 1.58 bits per heavy atom. The van der Waals surface area contributed by atoms with Gasteiger partial charge >= 0.3 is 5.97 Å². The maximum absolute atomic E-state index is 13.9. The highest BCUT2D eigenvalue weighted by atomic mass is 19.1. The fourth-order valence-electron chi connectivity index (χ4n) is 1.94. The fraction of sp³-hybridized carbons (Fsp3) is 0.364. The molecule has 0 amide bonds. The number of morpholine rings is 1. The van der Waals surface area contributed by atoms with Crippen LogP contribution in [0.2, 0.25) is 0 Å². The summed E-state index contributed by atoms with van der Waals surface area (Å²) in [5.74, 6) is -1.94. The number of non-ortho nitro benzene ring substituents is 1. The minimum Gasteiger partial charge on any atom is -0.480 e. The Morgan fingerprint density at radius 2 is 2.32 bits per heavy atom. The molecule has 8 heteroatoms. The second kappa shape index (κ2) is 5.19. The lowest BCUT2D eigenvalue weighted by atomic mass is 10.1. The summed E-state index contributed by atoms with van der Waals surface area (Å²) in [4.78, 5) is 22.2. The molecule has 0 aromatic heterocycles. The van der Waals surface area contributed by atoms with E-state index in [0.717, 1.165) is 12.1 Å². The summed E-state index contributed by atoms with van der Waals surface area (Å²) in [6.45, 7) is 0.442. The van der Waals surface area contributed by atoms with Crippen LogP contribution in [0.4, 0.5) is 15.8 Å². The van der Waals surface area contributed by atoms with Crippen LogP contribution in [0.25, 0.3) is 0 Å². The number of ether oxygens (including phenoxy) is 1. The normalized spacial score (nSPS) is 19.2. The third-order valence-corrected chi connectivity index (χ3v) is 2.87. The monoisotopic (exact) mass is 270 g/mol. The van der Waals surface area contributed by atoms with Crippen LogP contribution in [0, 0.1) is 15.9 Å². The molecule has 1 aliphatic rings. The van der Waals surface area contributed by atoms with Gasteiger partial charge in [-0.15, -0.1) is 0 Å². The van der Waals surface area contributed by atoms with Crippen molar-refractivity contribution in [3.8, 4) is 0 Å². The van der Waals surface area contributed by atoms with Crippen molar-refractivity contribution in [2.75, 3.05) is 24.7 Å². The zero-order chi connectivity index (χ0) is 14.0. The van der Waals surface area contributed by atoms with Gasteiger partial charge in [0.1, 0.15) is 0 Å². The molecule has 1 atom stereocenters. The number of aliphatic carboxylic acids is 1. The number of halogens is 1. The van der Waals surface area contributed by atoms with Crippen molar-refractivity contribution in [3.05, 3.63) is 34.1 Å². The number of benzene rings is 1. The predicted molar refractivity (Wildman–Crippen MR) is 62.6 cm³/mol. The lowest BCUT2D eigenvalue weighted by Gasteiger charge is -2.34. The quantitative estimate of drug-likeness (QED) is 0.651. The van der Waals surface area contributed by atoms with E-state index < -0.39 is 22.8 Å². The summed E-state index contributed by atoms with van der Waals surface area (Å²) in [5, 5.41) is 19.6. The zero-order valence-electron chi connectivity index (χ0n) is 9.78. The van der Waals surface area contributed by atoms with E-state index in [0.29, 0.717) is 0 Å². The SMILES string of the molecule is O=C(O)C1COCCN1c1ccc([N+](=O)[O-])cc1F. The Morgan fingerprint density at radius 3 is 2.89 bits per heavy atom. The molecule has 1 fully saturated rings. The molecule has 102 valence electrons. The fourth-order valence-corrected chi connectivity index (χ4v) is 1.94. The number of nitrogens with zero attached hydrogens (tertiary/aromatic N) is 2. The van der Waals surface area contributed by atoms with E-state index in [1.54, 1.807) is 0 Å². The largest absolute Gasteiger partial charge is 0.480 e. The van der Waals surface area contributed by atoms with Gasteiger partial charge in [-0.05, 0) is 6.07 Å². The van der Waals surface area contributed by atoms with Crippen LogP contribution in [0.1, 0.15) is 0 Å². The molecule has 1 N–H and O–H groups in total. The molecule has 0 bridgehead atoms. The molecule has 0 saturated carbocycles. The van der Waals surface area contributed by atoms with Crippen LogP contribution in [-0.4, -0.2) is 41.8 Å². The third-order valence-electron chi connectivity index (χ3n) is 2.87. The molecule has 0 radical (unpaired) electrons. The van der Waals surface area contributed by atoms with Crippen LogP contribution >= 0.6 is 0 Å². The molecule has 1 aliphatic heterocycles. The van der Waals surface area contributed by atoms with E-state index in [4.69, 9.17) is 9.84 Å². The highest BCUT2D eigenvalue weighted by Gasteiger charge is 2.31. The van der Waals surface area contributed by atoms with E-state index in [9.17, 15) is 19.3 Å². The number of rotatable bonds is 3. The predicted octanol–water partition coefficient (Wildman–Crippen LogP) is 1.02. The van der Waals surface area contributed by atoms with Gasteiger partial charge in [0.25, 0.3) is 5.69 Å². The summed E-state index contributed by atoms with van der Waals surface area (Å²) >= 11 is 0. The number of carbonyl (C=O) groups is 1. The minimum atomic E-state index is -1.13. The summed E-state index contributed by atoms with van der Waals surface area (Å²) in [7, 11) is 0. The van der Waals surface area contributed by atoms with Gasteiger partial charge in [0.15, 0.2) is 11.9 Å². The standard InChI is InChI=1S/C11H11FN2O5/c12-8-5-7(14(17)18)1-2-9(8)13-3-4-19-6-10(13)11(15)16/h1-2,5,10H,3-4,6H2,(H,15,16). The number of nitro groups is 1. The molecule has 1 heterocycles. The first-order chi connectivity index (χ1) is 9.00. The molecule has 0 spiro atoms. The number of hydrogen-bond donors (Lipinski definition) is 1. The molecule has 2 rings (SSSR count). The topological polar surface area (TPSA) is 92.9 Å². The Balaban J connectivity index is 2.34. The van der Waals surface area contributed by atoms with Gasteiger partial charge in [-0.2, -0.15) is 0 Å². The first kappa shape index (κ1) is 13.2. The maximum Gasteiger partial charge on any atom is 0.328 e. The molecule has 1 aromatic carbocycles. The summed E-state index contributed by atoms with van der Waals surface area (Å²) in [6, 6.07) is 2.15. The van der Waals surface area contributed by atoms with E-state index in [2.05, 4.69) is 0 Å². The van der Waals surface area contributed by atoms with Gasteiger partial charge in [0, 0.05) is 12.6 Å². The van der Waals surface area contributed by atoms with Crippen molar-refractivity contribution in [3.63, 3.8) is 0 Å². The smallest absolute Gasteiger partial charge is 0.328 e. The molecule has 1 unspecified atom stereocenters. The average molecular weight is 270 g/mol. The van der Waals surface area contributed by atoms with Gasteiger partial charge in [0.05, 0.1) is 29.9 Å².